The Balaban J connectivity index is 1.78. The van der Waals surface area contributed by atoms with Crippen molar-refractivity contribution < 1.29 is 18.0 Å². The van der Waals surface area contributed by atoms with Crippen molar-refractivity contribution in [3.05, 3.63) is 29.8 Å². The number of aliphatic imine (C=N–C) groups is 1. The van der Waals surface area contributed by atoms with E-state index in [1.807, 2.05) is 6.92 Å². The molecule has 1 unspecified atom stereocenters. The molecule has 1 aromatic rings. The van der Waals surface area contributed by atoms with Crippen molar-refractivity contribution in [2.75, 3.05) is 13.1 Å². The maximum Gasteiger partial charge on any atom is 0.263 e. The van der Waals surface area contributed by atoms with Crippen LogP contribution in [0.1, 0.15) is 51.5 Å². The maximum atomic E-state index is 13.1. The number of carbonyl (C=O) groups excluding carboxylic acids is 2. The van der Waals surface area contributed by atoms with Gasteiger partial charge in [-0.25, -0.2) is 8.42 Å². The fraction of sp³-hybridized carbons (Fsp3) is 0.550. The smallest absolute Gasteiger partial charge is 0.263 e. The Hall–Kier alpha value is -2.42. The van der Waals surface area contributed by atoms with Crippen molar-refractivity contribution in [3.63, 3.8) is 0 Å². The Morgan fingerprint density at radius 2 is 1.97 bits per heavy atom. The molecule has 0 saturated carbocycles. The normalized spacial score (nSPS) is 20.8. The first-order chi connectivity index (χ1) is 13.8. The third-order valence-electron chi connectivity index (χ3n) is 5.28. The first kappa shape index (κ1) is 21.3. The Labute approximate surface area is 171 Å². The van der Waals surface area contributed by atoms with Gasteiger partial charge in [0.15, 0.2) is 0 Å². The second-order valence-corrected chi connectivity index (χ2v) is 9.19. The molecular formula is C20H28N4O4S. The molecule has 2 aliphatic heterocycles. The Bertz CT molecular complexity index is 905. The van der Waals surface area contributed by atoms with E-state index in [2.05, 4.69) is 15.0 Å². The number of nitrogens with one attached hydrogen (secondary N) is 2. The van der Waals surface area contributed by atoms with Crippen molar-refractivity contribution in [1.82, 2.24) is 14.9 Å². The largest absolute Gasteiger partial charge is 0.353 e. The lowest BCUT2D eigenvalue weighted by atomic mass is 10.0. The van der Waals surface area contributed by atoms with Crippen LogP contribution in [0.15, 0.2) is 34.2 Å². The van der Waals surface area contributed by atoms with Crippen LogP contribution in [0, 0.1) is 0 Å². The molecule has 0 spiro atoms. The zero-order chi connectivity index (χ0) is 21.0. The highest BCUT2D eigenvalue weighted by atomic mass is 32.2. The van der Waals surface area contributed by atoms with Gasteiger partial charge in [-0.1, -0.05) is 31.9 Å². The number of hydrogen-bond acceptors (Lipinski definition) is 5. The molecule has 1 atom stereocenters. The van der Waals surface area contributed by atoms with Crippen LogP contribution in [-0.2, 0) is 19.6 Å². The summed E-state index contributed by atoms with van der Waals surface area (Å²) < 4.78 is 27.2. The lowest BCUT2D eigenvalue weighted by molar-refractivity contribution is -0.133. The summed E-state index contributed by atoms with van der Waals surface area (Å²) in [6, 6.07) is 6.12. The van der Waals surface area contributed by atoms with E-state index in [-0.39, 0.29) is 28.6 Å². The molecule has 8 nitrogen and oxygen atoms in total. The molecular weight excluding hydrogens is 392 g/mol. The number of carbonyl (C=O) groups is 2. The highest BCUT2D eigenvalue weighted by Crippen LogP contribution is 2.24. The minimum Gasteiger partial charge on any atom is -0.353 e. The van der Waals surface area contributed by atoms with Crippen LogP contribution in [-0.4, -0.2) is 56.1 Å². The number of amides is 2. The van der Waals surface area contributed by atoms with Crippen LogP contribution < -0.4 is 10.0 Å². The summed E-state index contributed by atoms with van der Waals surface area (Å²) in [6.07, 6.45) is 3.72. The van der Waals surface area contributed by atoms with E-state index in [1.54, 1.807) is 23.1 Å². The van der Waals surface area contributed by atoms with Gasteiger partial charge in [0.1, 0.15) is 11.9 Å². The fourth-order valence-electron chi connectivity index (χ4n) is 3.77. The summed E-state index contributed by atoms with van der Waals surface area (Å²) in [5.74, 6) is 0.0909. The first-order valence-corrected chi connectivity index (χ1v) is 11.6. The van der Waals surface area contributed by atoms with Crippen molar-refractivity contribution >= 4 is 27.7 Å². The monoisotopic (exact) mass is 420 g/mol. The van der Waals surface area contributed by atoms with Gasteiger partial charge in [-0.15, -0.1) is 0 Å². The quantitative estimate of drug-likeness (QED) is 0.725. The van der Waals surface area contributed by atoms with Gasteiger partial charge in [0.2, 0.25) is 11.8 Å². The number of piperidine rings is 1. The van der Waals surface area contributed by atoms with Crippen molar-refractivity contribution in [2.24, 2.45) is 4.99 Å². The van der Waals surface area contributed by atoms with E-state index in [0.717, 1.165) is 12.8 Å². The number of likely N-dealkylation sites (tertiary alicyclic amines) is 1. The number of nitrogens with zero attached hydrogens (tertiary/aromatic N) is 2. The molecule has 3 rings (SSSR count). The summed E-state index contributed by atoms with van der Waals surface area (Å²) in [7, 11) is -3.64. The standard InChI is InChI=1S/C20H28N4O4S/c1-3-4-8-17(20(26)24-12-10-15(11-13-24)21-14(2)25)22-19-16-7-5-6-9-18(16)29(27,28)23-19/h5-7,9,15,17H,3-4,8,10-13H2,1-2H3,(H,21,25)(H,22,23). The van der Waals surface area contributed by atoms with Crippen LogP contribution in [0.5, 0.6) is 0 Å². The summed E-state index contributed by atoms with van der Waals surface area (Å²) in [6.45, 7) is 4.65. The highest BCUT2D eigenvalue weighted by molar-refractivity contribution is 7.90. The van der Waals surface area contributed by atoms with Crippen LogP contribution in [0.2, 0.25) is 0 Å². The molecule has 0 bridgehead atoms. The number of benzene rings is 1. The van der Waals surface area contributed by atoms with Crippen molar-refractivity contribution in [2.45, 2.75) is 62.9 Å². The van der Waals surface area contributed by atoms with Crippen molar-refractivity contribution in [1.29, 1.82) is 0 Å². The molecule has 0 radical (unpaired) electrons. The highest BCUT2D eigenvalue weighted by Gasteiger charge is 2.33. The van der Waals surface area contributed by atoms with Crippen LogP contribution in [0.3, 0.4) is 0 Å². The Kier molecular flexibility index (Phi) is 6.56. The molecule has 2 heterocycles. The minimum atomic E-state index is -3.64. The molecule has 1 aromatic carbocycles. The van der Waals surface area contributed by atoms with Gasteiger partial charge in [-0.3, -0.25) is 19.3 Å². The van der Waals surface area contributed by atoms with E-state index in [4.69, 9.17) is 0 Å². The second-order valence-electron chi connectivity index (χ2n) is 7.54. The van der Waals surface area contributed by atoms with Gasteiger partial charge in [0.25, 0.3) is 10.0 Å². The fourth-order valence-corrected chi connectivity index (χ4v) is 5.01. The minimum absolute atomic E-state index is 0.0609. The topological polar surface area (TPSA) is 108 Å². The third-order valence-corrected chi connectivity index (χ3v) is 6.67. The van der Waals surface area contributed by atoms with Gasteiger partial charge >= 0.3 is 0 Å². The van der Waals surface area contributed by atoms with Crippen molar-refractivity contribution in [3.8, 4) is 0 Å². The average Bonchev–Trinajstić information content (AvgIpc) is 2.95. The number of sulfonamides is 1. The van der Waals surface area contributed by atoms with Gasteiger partial charge in [0, 0.05) is 31.6 Å². The van der Waals surface area contributed by atoms with E-state index in [1.165, 1.54) is 13.0 Å². The lowest BCUT2D eigenvalue weighted by Crippen LogP contribution is -2.48. The van der Waals surface area contributed by atoms with Gasteiger partial charge in [0.05, 0.1) is 4.90 Å². The SMILES string of the molecule is CCCCC(N=C1NS(=O)(=O)c2ccccc21)C(=O)N1CCC(NC(C)=O)CC1. The summed E-state index contributed by atoms with van der Waals surface area (Å²) >= 11 is 0. The Morgan fingerprint density at radius 1 is 1.28 bits per heavy atom. The van der Waals surface area contributed by atoms with Crippen LogP contribution >= 0.6 is 0 Å². The van der Waals surface area contributed by atoms with Crippen LogP contribution in [0.4, 0.5) is 0 Å². The van der Waals surface area contributed by atoms with Gasteiger partial charge < -0.3 is 10.2 Å². The number of unbranched alkanes of at least 4 members (excludes halogenated alkanes) is 1. The van der Waals surface area contributed by atoms with E-state index in [9.17, 15) is 18.0 Å². The molecule has 158 valence electrons. The predicted molar refractivity (Wildman–Crippen MR) is 110 cm³/mol. The summed E-state index contributed by atoms with van der Waals surface area (Å²) in [5, 5.41) is 2.90. The van der Waals surface area contributed by atoms with Gasteiger partial charge in [-0.2, -0.15) is 0 Å². The first-order valence-electron chi connectivity index (χ1n) is 10.1. The molecule has 29 heavy (non-hydrogen) atoms. The van der Waals surface area contributed by atoms with E-state index >= 15 is 0 Å². The number of rotatable bonds is 6. The van der Waals surface area contributed by atoms with E-state index < -0.39 is 16.1 Å². The summed E-state index contributed by atoms with van der Waals surface area (Å²) in [5.41, 5.74) is 0.506. The zero-order valence-electron chi connectivity index (χ0n) is 16.8. The molecule has 1 saturated heterocycles. The summed E-state index contributed by atoms with van der Waals surface area (Å²) in [4.78, 5) is 30.9. The molecule has 9 heteroatoms. The molecule has 2 N–H and O–H groups in total. The predicted octanol–water partition coefficient (Wildman–Crippen LogP) is 1.41. The average molecular weight is 421 g/mol. The lowest BCUT2D eigenvalue weighted by Gasteiger charge is -2.33. The second kappa shape index (κ2) is 8.94. The van der Waals surface area contributed by atoms with E-state index in [0.29, 0.717) is 37.9 Å². The number of fused-ring (bicyclic) bond motifs is 1. The van der Waals surface area contributed by atoms with Crippen LogP contribution in [0.25, 0.3) is 0 Å². The third kappa shape index (κ3) is 4.95. The number of hydrogen-bond donors (Lipinski definition) is 2. The molecule has 2 aliphatic rings. The zero-order valence-corrected chi connectivity index (χ0v) is 17.7. The number of amidine groups is 1. The molecule has 0 aromatic heterocycles. The Morgan fingerprint density at radius 3 is 2.62 bits per heavy atom. The molecule has 1 fully saturated rings. The van der Waals surface area contributed by atoms with Gasteiger partial charge in [-0.05, 0) is 31.4 Å². The maximum absolute atomic E-state index is 13.1. The molecule has 2 amide bonds. The molecule has 0 aliphatic carbocycles.